The molecule has 0 saturated heterocycles. The quantitative estimate of drug-likeness (QED) is 0.380. The molecule has 0 N–H and O–H groups in total. The van der Waals surface area contributed by atoms with Crippen LogP contribution in [0.2, 0.25) is 0 Å². The molecular formula is C29H42O7. The van der Waals surface area contributed by atoms with E-state index < -0.39 is 5.41 Å². The number of methoxy groups -OCH3 is 1. The second-order valence-corrected chi connectivity index (χ2v) is 12.2. The van der Waals surface area contributed by atoms with Gasteiger partial charge in [-0.1, -0.05) is 26.3 Å². The number of allylic oxidation sites excluding steroid dienone is 1. The van der Waals surface area contributed by atoms with Gasteiger partial charge in [-0.05, 0) is 80.1 Å². The molecule has 0 spiro atoms. The minimum absolute atomic E-state index is 0.0148. The van der Waals surface area contributed by atoms with E-state index in [1.54, 1.807) is 0 Å². The summed E-state index contributed by atoms with van der Waals surface area (Å²) < 4.78 is 16.4. The molecule has 4 aliphatic rings. The highest BCUT2D eigenvalue weighted by molar-refractivity contribution is 5.97. The fraction of sp³-hybridized carbons (Fsp3) is 0.793. The topological polar surface area (TPSA) is 96.0 Å². The normalized spacial score (nSPS) is 40.2. The molecule has 0 bridgehead atoms. The second-order valence-electron chi connectivity index (χ2n) is 12.2. The van der Waals surface area contributed by atoms with Crippen molar-refractivity contribution in [3.8, 4) is 0 Å². The van der Waals surface area contributed by atoms with Gasteiger partial charge in [-0.15, -0.1) is 0 Å². The standard InChI is InChI=1S/C29H42O7/c1-16(7-10-26(33)34-6)21-8-9-22-27-23(15-25(32)29(21,22)5)28(4)12-11-20(35-17(2)30)13-19(28)14-24(27)36-18(3)31/h15-16,19-22,24,27H,7-14H2,1-6H3/t16-,19-,20+,21-,22+,24+,27+,28+,29+/m0/s1. The molecule has 0 radical (unpaired) electrons. The van der Waals surface area contributed by atoms with Gasteiger partial charge < -0.3 is 14.2 Å². The molecular weight excluding hydrogens is 460 g/mol. The second kappa shape index (κ2) is 9.94. The highest BCUT2D eigenvalue weighted by Gasteiger charge is 2.64. The van der Waals surface area contributed by atoms with Crippen LogP contribution >= 0.6 is 0 Å². The van der Waals surface area contributed by atoms with Crippen LogP contribution in [0.25, 0.3) is 0 Å². The number of hydrogen-bond acceptors (Lipinski definition) is 7. The van der Waals surface area contributed by atoms with Crippen molar-refractivity contribution < 1.29 is 33.4 Å². The summed E-state index contributed by atoms with van der Waals surface area (Å²) in [5.74, 6) is 0.0587. The molecule has 0 heterocycles. The van der Waals surface area contributed by atoms with Gasteiger partial charge in [0.05, 0.1) is 7.11 Å². The van der Waals surface area contributed by atoms with E-state index in [0.29, 0.717) is 12.8 Å². The summed E-state index contributed by atoms with van der Waals surface area (Å²) >= 11 is 0. The maximum absolute atomic E-state index is 14.0. The predicted octanol–water partition coefficient (Wildman–Crippen LogP) is 4.81. The number of carbonyl (C=O) groups excluding carboxylic acids is 4. The van der Waals surface area contributed by atoms with Crippen molar-refractivity contribution in [2.45, 2.75) is 98.2 Å². The lowest BCUT2D eigenvalue weighted by atomic mass is 9.47. The molecule has 0 aromatic carbocycles. The van der Waals surface area contributed by atoms with Crippen molar-refractivity contribution in [1.82, 2.24) is 0 Å². The predicted molar refractivity (Wildman–Crippen MR) is 132 cm³/mol. The minimum atomic E-state index is -0.541. The maximum atomic E-state index is 14.0. The van der Waals surface area contributed by atoms with Crippen LogP contribution in [0, 0.1) is 40.4 Å². The molecule has 36 heavy (non-hydrogen) atoms. The molecule has 0 amide bonds. The summed E-state index contributed by atoms with van der Waals surface area (Å²) in [5, 5.41) is 0. The van der Waals surface area contributed by atoms with Crippen LogP contribution in [0.4, 0.5) is 0 Å². The van der Waals surface area contributed by atoms with E-state index >= 15 is 0 Å². The fourth-order valence-electron chi connectivity index (χ4n) is 8.49. The molecule has 200 valence electrons. The Labute approximate surface area is 214 Å². The number of ether oxygens (including phenoxy) is 3. The lowest BCUT2D eigenvalue weighted by Crippen LogP contribution is -2.57. The van der Waals surface area contributed by atoms with Crippen molar-refractivity contribution >= 4 is 23.7 Å². The van der Waals surface area contributed by atoms with Gasteiger partial charge in [-0.2, -0.15) is 0 Å². The smallest absolute Gasteiger partial charge is 0.305 e. The first-order valence-electron chi connectivity index (χ1n) is 13.6. The van der Waals surface area contributed by atoms with Crippen molar-refractivity contribution in [3.63, 3.8) is 0 Å². The summed E-state index contributed by atoms with van der Waals surface area (Å²) in [4.78, 5) is 49.5. The number of fused-ring (bicyclic) bond motifs is 5. The highest BCUT2D eigenvalue weighted by Crippen LogP contribution is 2.66. The number of rotatable bonds is 6. The molecule has 0 aromatic rings. The van der Waals surface area contributed by atoms with Gasteiger partial charge in [0.2, 0.25) is 0 Å². The van der Waals surface area contributed by atoms with E-state index in [2.05, 4.69) is 20.8 Å². The Morgan fingerprint density at radius 1 is 1.06 bits per heavy atom. The van der Waals surface area contributed by atoms with Crippen molar-refractivity contribution in [2.24, 2.45) is 40.4 Å². The van der Waals surface area contributed by atoms with Crippen molar-refractivity contribution in [2.75, 3.05) is 7.11 Å². The summed E-state index contributed by atoms with van der Waals surface area (Å²) in [5.41, 5.74) is 0.422. The molecule has 0 aromatic heterocycles. The number of ketones is 1. The lowest BCUT2D eigenvalue weighted by molar-refractivity contribution is -0.162. The maximum Gasteiger partial charge on any atom is 0.305 e. The highest BCUT2D eigenvalue weighted by atomic mass is 16.5. The Bertz CT molecular complexity index is 953. The molecule has 9 atom stereocenters. The number of esters is 3. The van der Waals surface area contributed by atoms with Crippen LogP contribution in [-0.4, -0.2) is 43.0 Å². The first kappa shape index (κ1) is 26.9. The van der Waals surface area contributed by atoms with Crippen molar-refractivity contribution in [1.29, 1.82) is 0 Å². The molecule has 3 fully saturated rings. The van der Waals surface area contributed by atoms with E-state index in [4.69, 9.17) is 14.2 Å². The molecule has 0 unspecified atom stereocenters. The van der Waals surface area contributed by atoms with Gasteiger partial charge in [0, 0.05) is 31.6 Å². The molecule has 7 nitrogen and oxygen atoms in total. The molecule has 4 aliphatic carbocycles. The zero-order valence-corrected chi connectivity index (χ0v) is 22.6. The number of carbonyl (C=O) groups is 4. The van der Waals surface area contributed by atoms with Gasteiger partial charge in [0.15, 0.2) is 5.78 Å². The van der Waals surface area contributed by atoms with Gasteiger partial charge in [0.1, 0.15) is 12.2 Å². The van der Waals surface area contributed by atoms with E-state index in [1.807, 2.05) is 6.08 Å². The molecule has 3 saturated carbocycles. The summed E-state index contributed by atoms with van der Waals surface area (Å²) in [6, 6.07) is 0. The Morgan fingerprint density at radius 3 is 2.39 bits per heavy atom. The van der Waals surface area contributed by atoms with E-state index in [-0.39, 0.29) is 70.9 Å². The third-order valence-corrected chi connectivity index (χ3v) is 10.3. The van der Waals surface area contributed by atoms with E-state index in [0.717, 1.165) is 44.1 Å². The van der Waals surface area contributed by atoms with E-state index in [1.165, 1.54) is 21.0 Å². The summed E-state index contributed by atoms with van der Waals surface area (Å²) in [6.07, 6.45) is 7.43. The Hall–Kier alpha value is -2.18. The first-order chi connectivity index (χ1) is 16.9. The van der Waals surface area contributed by atoms with Crippen LogP contribution < -0.4 is 0 Å². The lowest BCUT2D eigenvalue weighted by Gasteiger charge is -2.58. The third-order valence-electron chi connectivity index (χ3n) is 10.3. The van der Waals surface area contributed by atoms with Gasteiger partial charge >= 0.3 is 17.9 Å². The molecule has 7 heteroatoms. The average molecular weight is 503 g/mol. The van der Waals surface area contributed by atoms with Crippen LogP contribution in [0.5, 0.6) is 0 Å². The Kier molecular flexibility index (Phi) is 7.42. The zero-order chi connectivity index (χ0) is 26.4. The van der Waals surface area contributed by atoms with Crippen LogP contribution in [-0.2, 0) is 33.4 Å². The van der Waals surface area contributed by atoms with Crippen molar-refractivity contribution in [3.05, 3.63) is 11.6 Å². The monoisotopic (exact) mass is 502 g/mol. The fourth-order valence-corrected chi connectivity index (χ4v) is 8.49. The molecule has 0 aliphatic heterocycles. The molecule has 4 rings (SSSR count). The Balaban J connectivity index is 1.67. The van der Waals surface area contributed by atoms with Gasteiger partial charge in [-0.25, -0.2) is 0 Å². The SMILES string of the molecule is COC(=O)CC[C@H](C)[C@@H]1CC[C@@H]2[C@@H]3C(=CC(=O)[C@@]21C)[C@]1(C)CC[C@@H](OC(C)=O)C[C@H]1C[C@H]3OC(C)=O. The van der Waals surface area contributed by atoms with Crippen LogP contribution in [0.15, 0.2) is 11.6 Å². The summed E-state index contributed by atoms with van der Waals surface area (Å²) in [6.45, 7) is 9.41. The van der Waals surface area contributed by atoms with Crippen LogP contribution in [0.1, 0.15) is 86.0 Å². The number of hydrogen-bond donors (Lipinski definition) is 0. The average Bonchev–Trinajstić information content (AvgIpc) is 3.16. The summed E-state index contributed by atoms with van der Waals surface area (Å²) in [7, 11) is 1.41. The first-order valence-corrected chi connectivity index (χ1v) is 13.6. The Morgan fingerprint density at radius 2 is 1.75 bits per heavy atom. The van der Waals surface area contributed by atoms with E-state index in [9.17, 15) is 19.2 Å². The minimum Gasteiger partial charge on any atom is -0.469 e. The van der Waals surface area contributed by atoms with Gasteiger partial charge in [0.25, 0.3) is 0 Å². The van der Waals surface area contributed by atoms with Crippen LogP contribution in [0.3, 0.4) is 0 Å². The zero-order valence-electron chi connectivity index (χ0n) is 22.6. The van der Waals surface area contributed by atoms with Gasteiger partial charge in [-0.3, -0.25) is 19.2 Å². The largest absolute Gasteiger partial charge is 0.469 e. The third kappa shape index (κ3) is 4.51.